The molecule has 28 heavy (non-hydrogen) atoms. The van der Waals surface area contributed by atoms with Gasteiger partial charge in [-0.15, -0.1) is 0 Å². The quantitative estimate of drug-likeness (QED) is 0.165. The van der Waals surface area contributed by atoms with Crippen molar-refractivity contribution in [2.24, 2.45) is 0 Å². The van der Waals surface area contributed by atoms with E-state index in [1.54, 1.807) is 0 Å². The molecule has 2 heterocycles. The van der Waals surface area contributed by atoms with Crippen LogP contribution in [0.15, 0.2) is 74.4 Å². The second-order valence-corrected chi connectivity index (χ2v) is 5.61. The van der Waals surface area contributed by atoms with Crippen molar-refractivity contribution in [3.63, 3.8) is 0 Å². The third-order valence-electron chi connectivity index (χ3n) is 3.52. The maximum absolute atomic E-state index is 11.1. The van der Waals surface area contributed by atoms with Crippen molar-refractivity contribution in [2.45, 2.75) is 12.5 Å². The van der Waals surface area contributed by atoms with Gasteiger partial charge in [-0.05, 0) is 5.57 Å². The van der Waals surface area contributed by atoms with Gasteiger partial charge in [0, 0.05) is 18.6 Å². The zero-order valence-electron chi connectivity index (χ0n) is 15.6. The standard InChI is InChI=1S/C10H11NO4.C10H12O3/c1-4-9(12)15-8(3)7(2)11-5-6-14-10(11)13;1-4-10(11)13-8(3)9-5-7(2)6-12-9/h4H,1-3,5-6H2;4,9H,1-3,5-6H2. The summed E-state index contributed by atoms with van der Waals surface area (Å²) in [6.07, 6.45) is 2.01. The fraction of sp³-hybridized carbons (Fsp3) is 0.250. The Kier molecular flexibility index (Phi) is 8.64. The van der Waals surface area contributed by atoms with E-state index in [-0.39, 0.29) is 17.6 Å². The molecular weight excluding hydrogens is 366 g/mol. The Hall–Kier alpha value is -3.39. The van der Waals surface area contributed by atoms with Gasteiger partial charge in [0.15, 0.2) is 0 Å². The highest BCUT2D eigenvalue weighted by molar-refractivity contribution is 5.83. The van der Waals surface area contributed by atoms with Gasteiger partial charge in [0.2, 0.25) is 0 Å². The third-order valence-corrected chi connectivity index (χ3v) is 3.52. The Bertz CT molecular complexity index is 735. The molecule has 1 unspecified atom stereocenters. The Morgan fingerprint density at radius 3 is 2.18 bits per heavy atom. The number of hydrogen-bond acceptors (Lipinski definition) is 7. The SMILES string of the molecule is C=CC(=O)OC(=C)C(=C)N1CCOC1=O.C=CC(=O)OC(=C)C1CC(=C)CO1. The molecule has 2 fully saturated rings. The molecule has 0 aromatic carbocycles. The minimum Gasteiger partial charge on any atom is -0.447 e. The predicted octanol–water partition coefficient (Wildman–Crippen LogP) is 2.77. The fourth-order valence-corrected chi connectivity index (χ4v) is 2.05. The number of ether oxygens (including phenoxy) is 4. The molecule has 8 heteroatoms. The van der Waals surface area contributed by atoms with Crippen LogP contribution in [0.5, 0.6) is 0 Å². The number of carbonyl (C=O) groups excluding carboxylic acids is 3. The number of amides is 1. The van der Waals surface area contributed by atoms with Crippen LogP contribution in [0, 0.1) is 0 Å². The van der Waals surface area contributed by atoms with Crippen molar-refractivity contribution >= 4 is 18.0 Å². The van der Waals surface area contributed by atoms with E-state index in [0.29, 0.717) is 31.9 Å². The molecule has 2 aliphatic rings. The Labute approximate surface area is 163 Å². The lowest BCUT2D eigenvalue weighted by atomic mass is 10.2. The molecule has 0 aromatic heterocycles. The molecule has 0 aromatic rings. The van der Waals surface area contributed by atoms with Crippen LogP contribution in [0.3, 0.4) is 0 Å². The van der Waals surface area contributed by atoms with Gasteiger partial charge in [-0.2, -0.15) is 0 Å². The molecule has 0 saturated carbocycles. The van der Waals surface area contributed by atoms with Gasteiger partial charge in [-0.25, -0.2) is 14.4 Å². The Morgan fingerprint density at radius 2 is 1.71 bits per heavy atom. The molecule has 1 atom stereocenters. The smallest absolute Gasteiger partial charge is 0.414 e. The summed E-state index contributed by atoms with van der Waals surface area (Å²) in [4.78, 5) is 34.0. The van der Waals surface area contributed by atoms with Gasteiger partial charge in [0.25, 0.3) is 0 Å². The largest absolute Gasteiger partial charge is 0.447 e. The van der Waals surface area contributed by atoms with Crippen LogP contribution in [0.1, 0.15) is 6.42 Å². The molecule has 2 saturated heterocycles. The van der Waals surface area contributed by atoms with E-state index in [4.69, 9.17) is 18.9 Å². The lowest BCUT2D eigenvalue weighted by Crippen LogP contribution is -2.24. The molecule has 0 N–H and O–H groups in total. The average molecular weight is 389 g/mol. The lowest BCUT2D eigenvalue weighted by Gasteiger charge is -2.16. The van der Waals surface area contributed by atoms with Crippen molar-refractivity contribution in [3.8, 4) is 0 Å². The molecule has 0 spiro atoms. The van der Waals surface area contributed by atoms with E-state index < -0.39 is 18.0 Å². The maximum Gasteiger partial charge on any atom is 0.414 e. The van der Waals surface area contributed by atoms with Crippen LogP contribution >= 0.6 is 0 Å². The van der Waals surface area contributed by atoms with Gasteiger partial charge in [0.05, 0.1) is 18.8 Å². The Balaban J connectivity index is 0.000000283. The minimum atomic E-state index is -0.645. The summed E-state index contributed by atoms with van der Waals surface area (Å²) in [7, 11) is 0. The zero-order valence-corrected chi connectivity index (χ0v) is 15.6. The molecule has 8 nitrogen and oxygen atoms in total. The second kappa shape index (κ2) is 10.7. The summed E-state index contributed by atoms with van der Waals surface area (Å²) >= 11 is 0. The number of esters is 2. The first-order valence-electron chi connectivity index (χ1n) is 8.17. The van der Waals surface area contributed by atoms with Crippen molar-refractivity contribution in [3.05, 3.63) is 74.4 Å². The molecule has 0 bridgehead atoms. The first kappa shape index (κ1) is 22.7. The van der Waals surface area contributed by atoms with Crippen molar-refractivity contribution in [2.75, 3.05) is 19.8 Å². The normalized spacial score (nSPS) is 17.6. The molecule has 1 amide bonds. The summed E-state index contributed by atoms with van der Waals surface area (Å²) in [5.74, 6) is -0.817. The van der Waals surface area contributed by atoms with Crippen LogP contribution in [0.4, 0.5) is 4.79 Å². The highest BCUT2D eigenvalue weighted by Crippen LogP contribution is 2.22. The highest BCUT2D eigenvalue weighted by Gasteiger charge is 2.27. The summed E-state index contributed by atoms with van der Waals surface area (Å²) in [6.45, 7) is 22.1. The summed E-state index contributed by atoms with van der Waals surface area (Å²) in [5.41, 5.74) is 1.20. The first-order valence-corrected chi connectivity index (χ1v) is 8.17. The number of nitrogens with zero attached hydrogens (tertiary/aromatic N) is 1. The molecule has 150 valence electrons. The van der Waals surface area contributed by atoms with Crippen LogP contribution in [-0.2, 0) is 28.5 Å². The van der Waals surface area contributed by atoms with E-state index in [1.165, 1.54) is 4.90 Å². The molecular formula is C20H23NO7. The predicted molar refractivity (Wildman–Crippen MR) is 102 cm³/mol. The van der Waals surface area contributed by atoms with Gasteiger partial charge >= 0.3 is 18.0 Å². The number of hydrogen-bond donors (Lipinski definition) is 0. The number of carbonyl (C=O) groups is 3. The van der Waals surface area contributed by atoms with E-state index in [0.717, 1.165) is 17.7 Å². The fourth-order valence-electron chi connectivity index (χ4n) is 2.05. The van der Waals surface area contributed by atoms with Crippen molar-refractivity contribution < 1.29 is 33.3 Å². The second-order valence-electron chi connectivity index (χ2n) is 5.61. The molecule has 0 radical (unpaired) electrons. The lowest BCUT2D eigenvalue weighted by molar-refractivity contribution is -0.135. The van der Waals surface area contributed by atoms with Crippen molar-refractivity contribution in [1.82, 2.24) is 4.90 Å². The van der Waals surface area contributed by atoms with E-state index in [2.05, 4.69) is 39.5 Å². The van der Waals surface area contributed by atoms with Gasteiger partial charge in [-0.3, -0.25) is 4.90 Å². The minimum absolute atomic E-state index is 0.0127. The monoisotopic (exact) mass is 389 g/mol. The Morgan fingerprint density at radius 1 is 1.11 bits per heavy atom. The van der Waals surface area contributed by atoms with Crippen LogP contribution in [0.2, 0.25) is 0 Å². The van der Waals surface area contributed by atoms with E-state index in [1.807, 2.05) is 0 Å². The summed E-state index contributed by atoms with van der Waals surface area (Å²) in [6, 6.07) is 0. The third kappa shape index (κ3) is 6.73. The van der Waals surface area contributed by atoms with E-state index in [9.17, 15) is 14.4 Å². The zero-order chi connectivity index (χ0) is 21.3. The molecule has 2 rings (SSSR count). The maximum atomic E-state index is 11.1. The summed E-state index contributed by atoms with van der Waals surface area (Å²) in [5, 5.41) is 0. The summed E-state index contributed by atoms with van der Waals surface area (Å²) < 4.78 is 19.5. The molecule has 2 aliphatic heterocycles. The number of cyclic esters (lactones) is 1. The van der Waals surface area contributed by atoms with Gasteiger partial charge in [-0.1, -0.05) is 39.5 Å². The average Bonchev–Trinajstić information content (AvgIpc) is 3.29. The van der Waals surface area contributed by atoms with E-state index >= 15 is 0 Å². The van der Waals surface area contributed by atoms with Gasteiger partial charge < -0.3 is 18.9 Å². The van der Waals surface area contributed by atoms with Gasteiger partial charge in [0.1, 0.15) is 24.2 Å². The highest BCUT2D eigenvalue weighted by atomic mass is 16.6. The van der Waals surface area contributed by atoms with Crippen molar-refractivity contribution in [1.29, 1.82) is 0 Å². The van der Waals surface area contributed by atoms with Crippen LogP contribution in [0.25, 0.3) is 0 Å². The van der Waals surface area contributed by atoms with Crippen LogP contribution in [-0.4, -0.2) is 48.8 Å². The molecule has 0 aliphatic carbocycles. The first-order chi connectivity index (χ1) is 13.2. The topological polar surface area (TPSA) is 91.4 Å². The van der Waals surface area contributed by atoms with Crippen LogP contribution < -0.4 is 0 Å². The number of rotatable bonds is 7.